The van der Waals surface area contributed by atoms with Crippen molar-refractivity contribution in [3.8, 4) is 17.3 Å². The van der Waals surface area contributed by atoms with Crippen molar-refractivity contribution in [1.29, 1.82) is 5.26 Å². The topological polar surface area (TPSA) is 69.5 Å². The second kappa shape index (κ2) is 6.85. The van der Waals surface area contributed by atoms with E-state index in [1.165, 1.54) is 12.1 Å². The number of hydrogen-bond acceptors (Lipinski definition) is 3. The molecule has 1 N–H and O–H groups in total. The Balaban J connectivity index is 1.60. The molecule has 0 saturated carbocycles. The standard InChI is InChI=1S/C22H14FN3O/c23-19-6-4-16(5-7-19)20-11-18-9-15(13-25-22(18)26-20)10-21(27)17-3-1-2-14(8-17)12-24/h1-9,11,13H,10H2,(H,25,26). The fraction of sp³-hybridized carbons (Fsp3) is 0.0455. The molecule has 2 heterocycles. The number of nitrogens with one attached hydrogen (secondary N) is 1. The molecule has 4 aromatic rings. The largest absolute Gasteiger partial charge is 0.339 e. The summed E-state index contributed by atoms with van der Waals surface area (Å²) in [7, 11) is 0. The average molecular weight is 355 g/mol. The molecule has 0 amide bonds. The van der Waals surface area contributed by atoms with Gasteiger partial charge in [0.1, 0.15) is 11.5 Å². The zero-order valence-electron chi connectivity index (χ0n) is 14.2. The van der Waals surface area contributed by atoms with Crippen LogP contribution >= 0.6 is 0 Å². The Morgan fingerprint density at radius 1 is 1.11 bits per heavy atom. The number of aromatic amines is 1. The lowest BCUT2D eigenvalue weighted by molar-refractivity contribution is 0.0993. The molecular weight excluding hydrogens is 341 g/mol. The highest BCUT2D eigenvalue weighted by molar-refractivity contribution is 5.98. The highest BCUT2D eigenvalue weighted by Crippen LogP contribution is 2.24. The predicted octanol–water partition coefficient (Wildman–Crippen LogP) is 4.67. The summed E-state index contributed by atoms with van der Waals surface area (Å²) in [4.78, 5) is 20.1. The normalized spacial score (nSPS) is 10.7. The minimum absolute atomic E-state index is 0.0671. The van der Waals surface area contributed by atoms with Gasteiger partial charge in [-0.25, -0.2) is 9.37 Å². The van der Waals surface area contributed by atoms with Crippen LogP contribution in [-0.4, -0.2) is 15.8 Å². The lowest BCUT2D eigenvalue weighted by Crippen LogP contribution is -2.04. The van der Waals surface area contributed by atoms with Crippen molar-refractivity contribution in [2.75, 3.05) is 0 Å². The van der Waals surface area contributed by atoms with Gasteiger partial charge in [-0.2, -0.15) is 5.26 Å². The van der Waals surface area contributed by atoms with Crippen LogP contribution in [-0.2, 0) is 6.42 Å². The molecule has 0 saturated heterocycles. The number of hydrogen-bond donors (Lipinski definition) is 1. The van der Waals surface area contributed by atoms with Crippen LogP contribution in [0.1, 0.15) is 21.5 Å². The molecule has 27 heavy (non-hydrogen) atoms. The molecular formula is C22H14FN3O. The summed E-state index contributed by atoms with van der Waals surface area (Å²) in [6.07, 6.45) is 1.87. The lowest BCUT2D eigenvalue weighted by Gasteiger charge is -2.02. The van der Waals surface area contributed by atoms with Gasteiger partial charge in [-0.1, -0.05) is 12.1 Å². The van der Waals surface area contributed by atoms with Crippen LogP contribution in [0.2, 0.25) is 0 Å². The summed E-state index contributed by atoms with van der Waals surface area (Å²) in [6.45, 7) is 0. The number of pyridine rings is 1. The van der Waals surface area contributed by atoms with Gasteiger partial charge in [0.25, 0.3) is 0 Å². The van der Waals surface area contributed by atoms with Gasteiger partial charge in [0.2, 0.25) is 0 Å². The Hall–Kier alpha value is -3.78. The van der Waals surface area contributed by atoms with Crippen LogP contribution in [0.3, 0.4) is 0 Å². The highest BCUT2D eigenvalue weighted by atomic mass is 19.1. The van der Waals surface area contributed by atoms with Gasteiger partial charge in [-0.15, -0.1) is 0 Å². The second-order valence-corrected chi connectivity index (χ2v) is 6.26. The predicted molar refractivity (Wildman–Crippen MR) is 101 cm³/mol. The van der Waals surface area contributed by atoms with Crippen LogP contribution in [0.25, 0.3) is 22.3 Å². The number of nitrogens with zero attached hydrogens (tertiary/aromatic N) is 2. The lowest BCUT2D eigenvalue weighted by atomic mass is 10.0. The molecule has 0 fully saturated rings. The Morgan fingerprint density at radius 3 is 2.70 bits per heavy atom. The summed E-state index contributed by atoms with van der Waals surface area (Å²) >= 11 is 0. The fourth-order valence-electron chi connectivity index (χ4n) is 2.99. The van der Waals surface area contributed by atoms with E-state index >= 15 is 0 Å². The van der Waals surface area contributed by atoms with Gasteiger partial charge in [0, 0.05) is 29.3 Å². The summed E-state index contributed by atoms with van der Waals surface area (Å²) in [5, 5.41) is 9.85. The van der Waals surface area contributed by atoms with E-state index in [1.54, 1.807) is 42.6 Å². The number of halogens is 1. The smallest absolute Gasteiger partial charge is 0.167 e. The van der Waals surface area contributed by atoms with Crippen molar-refractivity contribution in [2.24, 2.45) is 0 Å². The maximum absolute atomic E-state index is 13.1. The molecule has 130 valence electrons. The van der Waals surface area contributed by atoms with Gasteiger partial charge in [-0.3, -0.25) is 4.79 Å². The van der Waals surface area contributed by atoms with Crippen LogP contribution in [0.15, 0.2) is 66.9 Å². The first kappa shape index (κ1) is 16.7. The van der Waals surface area contributed by atoms with E-state index < -0.39 is 0 Å². The van der Waals surface area contributed by atoms with E-state index in [-0.39, 0.29) is 18.0 Å². The average Bonchev–Trinajstić information content (AvgIpc) is 3.12. The molecule has 0 spiro atoms. The molecule has 0 radical (unpaired) electrons. The number of nitriles is 1. The quantitative estimate of drug-likeness (QED) is 0.541. The first-order chi connectivity index (χ1) is 13.1. The molecule has 0 bridgehead atoms. The first-order valence-electron chi connectivity index (χ1n) is 8.39. The van der Waals surface area contributed by atoms with Crippen molar-refractivity contribution in [3.05, 3.63) is 89.4 Å². The van der Waals surface area contributed by atoms with E-state index in [2.05, 4.69) is 9.97 Å². The van der Waals surface area contributed by atoms with Crippen LogP contribution < -0.4 is 0 Å². The van der Waals surface area contributed by atoms with Crippen molar-refractivity contribution in [2.45, 2.75) is 6.42 Å². The number of Topliss-reactive ketones (excluding diaryl/α,β-unsaturated/α-hetero) is 1. The Morgan fingerprint density at radius 2 is 1.93 bits per heavy atom. The molecule has 0 aliphatic carbocycles. The van der Waals surface area contributed by atoms with E-state index in [9.17, 15) is 9.18 Å². The molecule has 0 aliphatic rings. The number of ketones is 1. The first-order valence-corrected chi connectivity index (χ1v) is 8.39. The Bertz CT molecular complexity index is 1190. The van der Waals surface area contributed by atoms with Crippen molar-refractivity contribution in [1.82, 2.24) is 9.97 Å². The molecule has 0 aliphatic heterocycles. The molecule has 4 nitrogen and oxygen atoms in total. The second-order valence-electron chi connectivity index (χ2n) is 6.26. The number of benzene rings is 2. The van der Waals surface area contributed by atoms with Gasteiger partial charge in [0.05, 0.1) is 11.6 Å². The summed E-state index contributed by atoms with van der Waals surface area (Å²) < 4.78 is 13.1. The number of rotatable bonds is 4. The Kier molecular flexibility index (Phi) is 4.23. The zero-order valence-corrected chi connectivity index (χ0v) is 14.2. The number of carbonyl (C=O) groups excluding carboxylic acids is 1. The van der Waals surface area contributed by atoms with Gasteiger partial charge < -0.3 is 4.98 Å². The molecule has 5 heteroatoms. The maximum Gasteiger partial charge on any atom is 0.167 e. The minimum Gasteiger partial charge on any atom is -0.339 e. The van der Waals surface area contributed by atoms with Gasteiger partial charge in [-0.05, 0) is 59.7 Å². The summed E-state index contributed by atoms with van der Waals surface area (Å²) in [5.74, 6) is -0.350. The number of aromatic nitrogens is 2. The van der Waals surface area contributed by atoms with E-state index in [1.807, 2.05) is 18.2 Å². The third-order valence-electron chi connectivity index (χ3n) is 4.36. The fourth-order valence-corrected chi connectivity index (χ4v) is 2.99. The van der Waals surface area contributed by atoms with Crippen molar-refractivity contribution < 1.29 is 9.18 Å². The molecule has 2 aromatic heterocycles. The highest BCUT2D eigenvalue weighted by Gasteiger charge is 2.10. The minimum atomic E-state index is -0.283. The SMILES string of the molecule is N#Cc1cccc(C(=O)Cc2cnc3[nH]c(-c4ccc(F)cc4)cc3c2)c1. The number of H-pyrrole nitrogens is 1. The molecule has 0 unspecified atom stereocenters. The Labute approximate surface area is 154 Å². The summed E-state index contributed by atoms with van der Waals surface area (Å²) in [6, 6.07) is 18.8. The maximum atomic E-state index is 13.1. The van der Waals surface area contributed by atoms with Crippen molar-refractivity contribution in [3.63, 3.8) is 0 Å². The third-order valence-corrected chi connectivity index (χ3v) is 4.36. The number of carbonyl (C=O) groups is 1. The van der Waals surface area contributed by atoms with Gasteiger partial charge >= 0.3 is 0 Å². The van der Waals surface area contributed by atoms with E-state index in [4.69, 9.17) is 5.26 Å². The van der Waals surface area contributed by atoms with Crippen LogP contribution in [0.4, 0.5) is 4.39 Å². The van der Waals surface area contributed by atoms with Crippen molar-refractivity contribution >= 4 is 16.8 Å². The van der Waals surface area contributed by atoms with Gasteiger partial charge in [0.15, 0.2) is 5.78 Å². The molecule has 0 atom stereocenters. The molecule has 4 rings (SSSR count). The molecule has 2 aromatic carbocycles. The summed E-state index contributed by atoms with van der Waals surface area (Å²) in [5.41, 5.74) is 4.17. The van der Waals surface area contributed by atoms with E-state index in [0.717, 1.165) is 22.2 Å². The third kappa shape index (κ3) is 3.46. The van der Waals surface area contributed by atoms with Crippen LogP contribution in [0.5, 0.6) is 0 Å². The zero-order chi connectivity index (χ0) is 18.8. The monoisotopic (exact) mass is 355 g/mol. The number of fused-ring (bicyclic) bond motifs is 1. The van der Waals surface area contributed by atoms with Crippen LogP contribution in [0, 0.1) is 17.1 Å². The van der Waals surface area contributed by atoms with E-state index in [0.29, 0.717) is 16.8 Å².